The Balaban J connectivity index is 2.60. The molecular formula is C7H9F3N2S. The fourth-order valence-corrected chi connectivity index (χ4v) is 1.57. The van der Waals surface area contributed by atoms with E-state index in [4.69, 9.17) is 0 Å². The summed E-state index contributed by atoms with van der Waals surface area (Å²) in [4.78, 5) is 3.80. The summed E-state index contributed by atoms with van der Waals surface area (Å²) in [6, 6.07) is -1.50. The van der Waals surface area contributed by atoms with Crippen molar-refractivity contribution in [3.05, 3.63) is 16.6 Å². The fraction of sp³-hybridized carbons (Fsp3) is 0.571. The van der Waals surface area contributed by atoms with Gasteiger partial charge in [0.2, 0.25) is 0 Å². The van der Waals surface area contributed by atoms with Crippen molar-refractivity contribution in [2.75, 3.05) is 7.05 Å². The van der Waals surface area contributed by atoms with Crippen LogP contribution in [0.1, 0.15) is 5.01 Å². The van der Waals surface area contributed by atoms with Gasteiger partial charge < -0.3 is 5.32 Å². The number of hydrogen-bond acceptors (Lipinski definition) is 3. The normalized spacial score (nSPS) is 14.5. The van der Waals surface area contributed by atoms with Crippen LogP contribution >= 0.6 is 11.3 Å². The molecule has 0 radical (unpaired) electrons. The van der Waals surface area contributed by atoms with Gasteiger partial charge in [-0.1, -0.05) is 0 Å². The molecule has 74 valence electrons. The van der Waals surface area contributed by atoms with E-state index in [1.807, 2.05) is 0 Å². The van der Waals surface area contributed by atoms with Gasteiger partial charge in [0.15, 0.2) is 0 Å². The molecule has 1 N–H and O–H groups in total. The molecule has 1 atom stereocenters. The Kier molecular flexibility index (Phi) is 3.27. The zero-order valence-corrected chi connectivity index (χ0v) is 7.75. The first-order valence-electron chi connectivity index (χ1n) is 3.66. The first kappa shape index (κ1) is 10.5. The van der Waals surface area contributed by atoms with Crippen molar-refractivity contribution in [1.29, 1.82) is 0 Å². The molecule has 0 aromatic carbocycles. The number of thiazole rings is 1. The van der Waals surface area contributed by atoms with E-state index in [2.05, 4.69) is 10.3 Å². The molecule has 0 fully saturated rings. The molecule has 1 aromatic rings. The van der Waals surface area contributed by atoms with Crippen molar-refractivity contribution < 1.29 is 13.2 Å². The molecule has 6 heteroatoms. The van der Waals surface area contributed by atoms with Gasteiger partial charge in [-0.25, -0.2) is 4.98 Å². The second-order valence-corrected chi connectivity index (χ2v) is 3.49. The number of aromatic nitrogens is 1. The van der Waals surface area contributed by atoms with Crippen LogP contribution in [0.25, 0.3) is 0 Å². The molecule has 1 heterocycles. The fourth-order valence-electron chi connectivity index (χ4n) is 0.910. The lowest BCUT2D eigenvalue weighted by molar-refractivity contribution is -0.154. The van der Waals surface area contributed by atoms with Crippen LogP contribution in [-0.4, -0.2) is 24.2 Å². The van der Waals surface area contributed by atoms with Gasteiger partial charge in [0.05, 0.1) is 5.01 Å². The highest BCUT2D eigenvalue weighted by atomic mass is 32.1. The third kappa shape index (κ3) is 2.96. The number of nitrogens with zero attached hydrogens (tertiary/aromatic N) is 1. The van der Waals surface area contributed by atoms with Crippen LogP contribution in [0, 0.1) is 0 Å². The van der Waals surface area contributed by atoms with Gasteiger partial charge >= 0.3 is 6.18 Å². The van der Waals surface area contributed by atoms with Gasteiger partial charge in [0.25, 0.3) is 0 Å². The first-order valence-corrected chi connectivity index (χ1v) is 4.54. The SMILES string of the molecule is CNC(Cc1nccs1)C(F)(F)F. The summed E-state index contributed by atoms with van der Waals surface area (Å²) in [6.07, 6.45) is -2.80. The first-order chi connectivity index (χ1) is 6.04. The highest BCUT2D eigenvalue weighted by Gasteiger charge is 2.38. The molecule has 0 saturated heterocycles. The monoisotopic (exact) mass is 210 g/mol. The summed E-state index contributed by atoms with van der Waals surface area (Å²) < 4.78 is 36.7. The van der Waals surface area contributed by atoms with E-state index in [1.54, 1.807) is 5.38 Å². The Labute approximate surface area is 77.8 Å². The molecular weight excluding hydrogens is 201 g/mol. The van der Waals surface area contributed by atoms with Gasteiger partial charge in [-0.15, -0.1) is 11.3 Å². The third-order valence-electron chi connectivity index (χ3n) is 1.61. The topological polar surface area (TPSA) is 24.9 Å². The molecule has 2 nitrogen and oxygen atoms in total. The van der Waals surface area contributed by atoms with E-state index < -0.39 is 12.2 Å². The summed E-state index contributed by atoms with van der Waals surface area (Å²) in [5.74, 6) is 0. The zero-order valence-electron chi connectivity index (χ0n) is 6.93. The average molecular weight is 210 g/mol. The molecule has 1 aromatic heterocycles. The molecule has 0 spiro atoms. The molecule has 0 aliphatic heterocycles. The van der Waals surface area contributed by atoms with Gasteiger partial charge in [0.1, 0.15) is 6.04 Å². The molecule has 0 amide bonds. The minimum absolute atomic E-state index is 0.0995. The average Bonchev–Trinajstić information content (AvgIpc) is 2.49. The molecule has 1 unspecified atom stereocenters. The van der Waals surface area contributed by atoms with E-state index in [1.165, 1.54) is 24.6 Å². The molecule has 0 bridgehead atoms. The minimum Gasteiger partial charge on any atom is -0.309 e. The van der Waals surface area contributed by atoms with E-state index in [0.717, 1.165) is 0 Å². The highest BCUT2D eigenvalue weighted by Crippen LogP contribution is 2.23. The van der Waals surface area contributed by atoms with Crippen molar-refractivity contribution in [1.82, 2.24) is 10.3 Å². The van der Waals surface area contributed by atoms with E-state index in [9.17, 15) is 13.2 Å². The van der Waals surface area contributed by atoms with Gasteiger partial charge in [-0.2, -0.15) is 13.2 Å². The Hall–Kier alpha value is -0.620. The van der Waals surface area contributed by atoms with Crippen LogP contribution in [-0.2, 0) is 6.42 Å². The predicted octanol–water partition coefficient (Wildman–Crippen LogP) is 1.84. The Morgan fingerprint density at radius 1 is 1.62 bits per heavy atom. The summed E-state index contributed by atoms with van der Waals surface area (Å²) in [5, 5.41) is 4.38. The molecule has 13 heavy (non-hydrogen) atoms. The molecule has 0 saturated carbocycles. The van der Waals surface area contributed by atoms with E-state index >= 15 is 0 Å². The summed E-state index contributed by atoms with van der Waals surface area (Å²) in [7, 11) is 1.30. The van der Waals surface area contributed by atoms with Crippen LogP contribution in [0.3, 0.4) is 0 Å². The number of nitrogens with one attached hydrogen (secondary N) is 1. The summed E-state index contributed by atoms with van der Waals surface area (Å²) >= 11 is 1.23. The van der Waals surface area contributed by atoms with E-state index in [-0.39, 0.29) is 6.42 Å². The van der Waals surface area contributed by atoms with Crippen LogP contribution in [0.15, 0.2) is 11.6 Å². The maximum atomic E-state index is 12.2. The maximum absolute atomic E-state index is 12.2. The standard InChI is InChI=1S/C7H9F3N2S/c1-11-5(7(8,9)10)4-6-12-2-3-13-6/h2-3,5,11H,4H2,1H3. The van der Waals surface area contributed by atoms with Crippen molar-refractivity contribution in [2.24, 2.45) is 0 Å². The number of alkyl halides is 3. The van der Waals surface area contributed by atoms with E-state index in [0.29, 0.717) is 5.01 Å². The van der Waals surface area contributed by atoms with Crippen molar-refractivity contribution in [3.63, 3.8) is 0 Å². The summed E-state index contributed by atoms with van der Waals surface area (Å²) in [5.41, 5.74) is 0. The molecule has 0 aliphatic carbocycles. The van der Waals surface area contributed by atoms with Crippen molar-refractivity contribution >= 4 is 11.3 Å². The van der Waals surface area contributed by atoms with Crippen molar-refractivity contribution in [2.45, 2.75) is 18.6 Å². The zero-order chi connectivity index (χ0) is 9.90. The quantitative estimate of drug-likeness (QED) is 0.823. The lowest BCUT2D eigenvalue weighted by Gasteiger charge is -2.17. The largest absolute Gasteiger partial charge is 0.404 e. The Morgan fingerprint density at radius 2 is 2.31 bits per heavy atom. The minimum atomic E-state index is -4.21. The Morgan fingerprint density at radius 3 is 2.69 bits per heavy atom. The number of hydrogen-bond donors (Lipinski definition) is 1. The maximum Gasteiger partial charge on any atom is 0.404 e. The summed E-state index contributed by atoms with van der Waals surface area (Å²) in [6.45, 7) is 0. The lowest BCUT2D eigenvalue weighted by atomic mass is 10.2. The van der Waals surface area contributed by atoms with Crippen molar-refractivity contribution in [3.8, 4) is 0 Å². The second-order valence-electron chi connectivity index (χ2n) is 2.51. The predicted molar refractivity (Wildman–Crippen MR) is 44.7 cm³/mol. The van der Waals surface area contributed by atoms with Gasteiger partial charge in [0, 0.05) is 18.0 Å². The van der Waals surface area contributed by atoms with Gasteiger partial charge in [-0.05, 0) is 7.05 Å². The number of halogens is 3. The van der Waals surface area contributed by atoms with Crippen LogP contribution in [0.2, 0.25) is 0 Å². The van der Waals surface area contributed by atoms with Crippen LogP contribution in [0.4, 0.5) is 13.2 Å². The third-order valence-corrected chi connectivity index (χ3v) is 2.41. The molecule has 1 rings (SSSR count). The number of likely N-dealkylation sites (N-methyl/N-ethyl adjacent to an activating group) is 1. The van der Waals surface area contributed by atoms with Gasteiger partial charge in [-0.3, -0.25) is 0 Å². The Bertz CT molecular complexity index is 245. The smallest absolute Gasteiger partial charge is 0.309 e. The number of rotatable bonds is 3. The second kappa shape index (κ2) is 4.06. The highest BCUT2D eigenvalue weighted by molar-refractivity contribution is 7.09. The van der Waals surface area contributed by atoms with Crippen LogP contribution in [0.5, 0.6) is 0 Å². The lowest BCUT2D eigenvalue weighted by Crippen LogP contribution is -2.41. The van der Waals surface area contributed by atoms with Crippen LogP contribution < -0.4 is 5.32 Å². The molecule has 0 aliphatic rings.